The second-order valence-electron chi connectivity index (χ2n) is 6.68. The van der Waals surface area contributed by atoms with Crippen LogP contribution in [0.1, 0.15) is 10.5 Å². The molecule has 31 heavy (non-hydrogen) atoms. The number of nitrogens with zero attached hydrogens (tertiary/aromatic N) is 4. The molecule has 0 saturated heterocycles. The summed E-state index contributed by atoms with van der Waals surface area (Å²) in [6.45, 7) is 0.956. The Hall–Kier alpha value is -3.91. The summed E-state index contributed by atoms with van der Waals surface area (Å²) in [5.41, 5.74) is 2.24. The van der Waals surface area contributed by atoms with Crippen LogP contribution in [0.2, 0.25) is 5.02 Å². The Labute approximate surface area is 182 Å². The van der Waals surface area contributed by atoms with Crippen molar-refractivity contribution >= 4 is 23.2 Å². The predicted molar refractivity (Wildman–Crippen MR) is 115 cm³/mol. The van der Waals surface area contributed by atoms with Crippen molar-refractivity contribution in [2.45, 2.75) is 0 Å². The van der Waals surface area contributed by atoms with Crippen molar-refractivity contribution < 1.29 is 14.3 Å². The molecular formula is C22H16ClN5O3. The molecule has 154 valence electrons. The number of amides is 1. The standard InChI is InChI=1S/C22H16ClN5O3/c23-15-5-1-2-7-17(15)28-21(16-6-3-4-10-24-16)20(26-27-28)22(29)25-14-8-9-18-19(13-14)31-12-11-30-18/h1-10,13H,11-12H2,(H,25,29). The molecule has 2 aromatic heterocycles. The number of carbonyl (C=O) groups is 1. The smallest absolute Gasteiger partial charge is 0.278 e. The quantitative estimate of drug-likeness (QED) is 0.523. The lowest BCUT2D eigenvalue weighted by atomic mass is 10.2. The molecule has 9 heteroatoms. The number of rotatable bonds is 4. The Kier molecular flexibility index (Phi) is 4.97. The number of carbonyl (C=O) groups excluding carboxylic acids is 1. The number of aromatic nitrogens is 4. The Bertz CT molecular complexity index is 1260. The first kappa shape index (κ1) is 19.1. The van der Waals surface area contributed by atoms with Crippen molar-refractivity contribution in [2.24, 2.45) is 0 Å². The second kappa shape index (κ2) is 8.08. The van der Waals surface area contributed by atoms with Crippen LogP contribution in [-0.2, 0) is 0 Å². The lowest BCUT2D eigenvalue weighted by Crippen LogP contribution is -2.17. The van der Waals surface area contributed by atoms with E-state index in [9.17, 15) is 4.79 Å². The molecular weight excluding hydrogens is 418 g/mol. The van der Waals surface area contributed by atoms with Gasteiger partial charge >= 0.3 is 0 Å². The van der Waals surface area contributed by atoms with Crippen molar-refractivity contribution in [3.8, 4) is 28.6 Å². The van der Waals surface area contributed by atoms with Crippen LogP contribution in [0.4, 0.5) is 5.69 Å². The van der Waals surface area contributed by atoms with Gasteiger partial charge in [-0.1, -0.05) is 35.0 Å². The molecule has 0 unspecified atom stereocenters. The van der Waals surface area contributed by atoms with Gasteiger partial charge in [-0.15, -0.1) is 5.10 Å². The molecule has 0 bridgehead atoms. The second-order valence-corrected chi connectivity index (χ2v) is 7.08. The molecule has 0 aliphatic carbocycles. The number of halogens is 1. The highest BCUT2D eigenvalue weighted by molar-refractivity contribution is 6.32. The molecule has 1 N–H and O–H groups in total. The highest BCUT2D eigenvalue weighted by atomic mass is 35.5. The maximum atomic E-state index is 13.1. The van der Waals surface area contributed by atoms with Crippen molar-refractivity contribution in [3.63, 3.8) is 0 Å². The minimum atomic E-state index is -0.435. The van der Waals surface area contributed by atoms with Crippen LogP contribution in [-0.4, -0.2) is 39.1 Å². The number of anilines is 1. The fourth-order valence-corrected chi connectivity index (χ4v) is 3.49. The van der Waals surface area contributed by atoms with Gasteiger partial charge in [-0.2, -0.15) is 0 Å². The predicted octanol–water partition coefficient (Wildman–Crippen LogP) is 4.01. The number of pyridine rings is 1. The third kappa shape index (κ3) is 3.69. The molecule has 0 saturated carbocycles. The maximum Gasteiger partial charge on any atom is 0.278 e. The molecule has 5 rings (SSSR count). The summed E-state index contributed by atoms with van der Waals surface area (Å²) >= 11 is 6.37. The first-order valence-electron chi connectivity index (χ1n) is 9.54. The third-order valence-corrected chi connectivity index (χ3v) is 4.99. The summed E-state index contributed by atoms with van der Waals surface area (Å²) in [4.78, 5) is 17.5. The topological polar surface area (TPSA) is 91.2 Å². The van der Waals surface area contributed by atoms with E-state index in [1.807, 2.05) is 18.2 Å². The van der Waals surface area contributed by atoms with Gasteiger partial charge in [0.15, 0.2) is 17.2 Å². The van der Waals surface area contributed by atoms with Gasteiger partial charge in [-0.05, 0) is 36.4 Å². The van der Waals surface area contributed by atoms with E-state index in [0.717, 1.165) is 0 Å². The van der Waals surface area contributed by atoms with Crippen molar-refractivity contribution in [1.29, 1.82) is 0 Å². The van der Waals surface area contributed by atoms with Crippen LogP contribution >= 0.6 is 11.6 Å². The largest absolute Gasteiger partial charge is 0.486 e. The highest BCUT2D eigenvalue weighted by Gasteiger charge is 2.24. The number of nitrogens with one attached hydrogen (secondary N) is 1. The van der Waals surface area contributed by atoms with E-state index >= 15 is 0 Å². The van der Waals surface area contributed by atoms with E-state index in [1.165, 1.54) is 4.68 Å². The number of hydrogen-bond donors (Lipinski definition) is 1. The molecule has 2 aromatic carbocycles. The van der Waals surface area contributed by atoms with Gasteiger partial charge < -0.3 is 14.8 Å². The molecule has 1 amide bonds. The van der Waals surface area contributed by atoms with Gasteiger partial charge in [0.1, 0.15) is 18.9 Å². The van der Waals surface area contributed by atoms with Crippen molar-refractivity contribution in [3.05, 3.63) is 77.6 Å². The average Bonchev–Trinajstić information content (AvgIpc) is 3.25. The van der Waals surface area contributed by atoms with Gasteiger partial charge in [0.2, 0.25) is 0 Å². The van der Waals surface area contributed by atoms with E-state index < -0.39 is 5.91 Å². The lowest BCUT2D eigenvalue weighted by Gasteiger charge is -2.18. The molecule has 1 aliphatic heterocycles. The lowest BCUT2D eigenvalue weighted by molar-refractivity contribution is 0.102. The molecule has 0 atom stereocenters. The number of ether oxygens (including phenoxy) is 2. The van der Waals surface area contributed by atoms with E-state index in [-0.39, 0.29) is 5.69 Å². The third-order valence-electron chi connectivity index (χ3n) is 4.67. The van der Waals surface area contributed by atoms with Gasteiger partial charge in [-0.3, -0.25) is 9.78 Å². The van der Waals surface area contributed by atoms with Crippen LogP contribution in [0, 0.1) is 0 Å². The van der Waals surface area contributed by atoms with E-state index in [2.05, 4.69) is 20.6 Å². The normalized spacial score (nSPS) is 12.4. The first-order chi connectivity index (χ1) is 15.2. The first-order valence-corrected chi connectivity index (χ1v) is 9.91. The van der Waals surface area contributed by atoms with Crippen LogP contribution in [0.3, 0.4) is 0 Å². The molecule has 3 heterocycles. The van der Waals surface area contributed by atoms with Gasteiger partial charge in [0.25, 0.3) is 5.91 Å². The Morgan fingerprint density at radius 3 is 2.61 bits per heavy atom. The molecule has 1 aliphatic rings. The molecule has 8 nitrogen and oxygen atoms in total. The summed E-state index contributed by atoms with van der Waals surface area (Å²) in [6, 6.07) is 17.8. The van der Waals surface area contributed by atoms with Gasteiger partial charge in [0.05, 0.1) is 16.4 Å². The fourth-order valence-electron chi connectivity index (χ4n) is 3.27. The summed E-state index contributed by atoms with van der Waals surface area (Å²) in [5.74, 6) is 0.785. The van der Waals surface area contributed by atoms with Crippen LogP contribution in [0.5, 0.6) is 11.5 Å². The Morgan fingerprint density at radius 1 is 1.00 bits per heavy atom. The number of benzene rings is 2. The van der Waals surface area contributed by atoms with Gasteiger partial charge in [-0.25, -0.2) is 4.68 Å². The van der Waals surface area contributed by atoms with E-state index in [4.69, 9.17) is 21.1 Å². The zero-order chi connectivity index (χ0) is 21.2. The summed E-state index contributed by atoms with van der Waals surface area (Å²) in [7, 11) is 0. The molecule has 0 fully saturated rings. The van der Waals surface area contributed by atoms with Crippen LogP contribution in [0.15, 0.2) is 66.9 Å². The minimum Gasteiger partial charge on any atom is -0.486 e. The minimum absolute atomic E-state index is 0.119. The van der Waals surface area contributed by atoms with Crippen LogP contribution < -0.4 is 14.8 Å². The van der Waals surface area contributed by atoms with Crippen molar-refractivity contribution in [1.82, 2.24) is 20.0 Å². The zero-order valence-electron chi connectivity index (χ0n) is 16.2. The molecule has 4 aromatic rings. The fraction of sp³-hybridized carbons (Fsp3) is 0.0909. The summed E-state index contributed by atoms with van der Waals surface area (Å²) in [6.07, 6.45) is 1.64. The highest BCUT2D eigenvalue weighted by Crippen LogP contribution is 2.33. The van der Waals surface area contributed by atoms with E-state index in [0.29, 0.717) is 52.5 Å². The number of fused-ring (bicyclic) bond motifs is 1. The monoisotopic (exact) mass is 433 g/mol. The molecule has 0 radical (unpaired) electrons. The van der Waals surface area contributed by atoms with E-state index in [1.54, 1.807) is 48.7 Å². The zero-order valence-corrected chi connectivity index (χ0v) is 16.9. The summed E-state index contributed by atoms with van der Waals surface area (Å²) in [5, 5.41) is 11.7. The SMILES string of the molecule is O=C(Nc1ccc2c(c1)OCCO2)c1nnn(-c2ccccc2Cl)c1-c1ccccn1. The van der Waals surface area contributed by atoms with Crippen LogP contribution in [0.25, 0.3) is 17.1 Å². The number of para-hydroxylation sites is 1. The Balaban J connectivity index is 1.55. The average molecular weight is 434 g/mol. The maximum absolute atomic E-state index is 13.1. The van der Waals surface area contributed by atoms with Crippen molar-refractivity contribution in [2.75, 3.05) is 18.5 Å². The summed E-state index contributed by atoms with van der Waals surface area (Å²) < 4.78 is 12.6. The molecule has 0 spiro atoms. The number of hydrogen-bond acceptors (Lipinski definition) is 6. The Morgan fingerprint density at radius 2 is 1.81 bits per heavy atom. The van der Waals surface area contributed by atoms with Gasteiger partial charge in [0, 0.05) is 18.0 Å².